The van der Waals surface area contributed by atoms with Gasteiger partial charge in [0.1, 0.15) is 14.5 Å². The zero-order chi connectivity index (χ0) is 23.8. The van der Waals surface area contributed by atoms with Crippen molar-refractivity contribution >= 4 is 39.1 Å². The van der Waals surface area contributed by atoms with Crippen molar-refractivity contribution in [2.24, 2.45) is 0 Å². The van der Waals surface area contributed by atoms with E-state index in [2.05, 4.69) is 33.0 Å². The summed E-state index contributed by atoms with van der Waals surface area (Å²) in [6, 6.07) is 15.7. The number of carbonyl (C=O) groups excluding carboxylic acids is 2. The molecular weight excluding hydrogens is 504 g/mol. The number of nitrogens with zero attached hydrogens (tertiary/aromatic N) is 2. The van der Waals surface area contributed by atoms with Crippen LogP contribution in [-0.2, 0) is 17.7 Å². The lowest BCUT2D eigenvalue weighted by atomic mass is 10.1. The molecule has 3 rings (SSSR count). The van der Waals surface area contributed by atoms with Gasteiger partial charge in [-0.2, -0.15) is 0 Å². The molecule has 0 unspecified atom stereocenters. The van der Waals surface area contributed by atoms with Crippen molar-refractivity contribution < 1.29 is 19.1 Å². The van der Waals surface area contributed by atoms with Crippen LogP contribution < -0.4 is 4.74 Å². The number of ether oxygens (including phenoxy) is 2. The topological polar surface area (TPSA) is 68.7 Å². The van der Waals surface area contributed by atoms with Gasteiger partial charge in [-0.25, -0.2) is 9.78 Å². The fourth-order valence-electron chi connectivity index (χ4n) is 3.44. The van der Waals surface area contributed by atoms with Crippen LogP contribution >= 0.6 is 27.3 Å². The van der Waals surface area contributed by atoms with Gasteiger partial charge >= 0.3 is 5.97 Å². The Kier molecular flexibility index (Phi) is 9.03. The summed E-state index contributed by atoms with van der Waals surface area (Å²) in [6.07, 6.45) is 1.66. The Labute approximate surface area is 206 Å². The van der Waals surface area contributed by atoms with Crippen molar-refractivity contribution in [3.63, 3.8) is 0 Å². The third-order valence-electron chi connectivity index (χ3n) is 4.98. The molecule has 1 aromatic heterocycles. The maximum Gasteiger partial charge on any atom is 0.359 e. The number of thiazole rings is 1. The van der Waals surface area contributed by atoms with Crippen molar-refractivity contribution in [3.05, 3.63) is 79.7 Å². The molecule has 0 N–H and O–H groups in total. The molecule has 0 aliphatic carbocycles. The van der Waals surface area contributed by atoms with Gasteiger partial charge in [-0.05, 0) is 71.9 Å². The minimum absolute atomic E-state index is 0.103. The highest BCUT2D eigenvalue weighted by Gasteiger charge is 2.22. The van der Waals surface area contributed by atoms with Gasteiger partial charge in [0.2, 0.25) is 0 Å². The zero-order valence-electron chi connectivity index (χ0n) is 19.0. The first-order valence-electron chi connectivity index (χ1n) is 10.7. The van der Waals surface area contributed by atoms with E-state index >= 15 is 0 Å². The minimum Gasteiger partial charge on any atom is -0.497 e. The number of benzene rings is 2. The number of aryl methyl sites for hydroxylation is 2. The highest BCUT2D eigenvalue weighted by atomic mass is 79.9. The summed E-state index contributed by atoms with van der Waals surface area (Å²) in [7, 11) is 1.59. The van der Waals surface area contributed by atoms with Gasteiger partial charge in [-0.3, -0.25) is 4.79 Å². The summed E-state index contributed by atoms with van der Waals surface area (Å²) < 4.78 is 11.0. The smallest absolute Gasteiger partial charge is 0.359 e. The number of amides is 1. The molecule has 0 fully saturated rings. The first-order chi connectivity index (χ1) is 15.9. The molecule has 174 valence electrons. The predicted octanol–water partition coefficient (Wildman–Crippen LogP) is 5.67. The standard InChI is InChI=1S/C25H27BrN2O4S/c1-4-32-25(30)22-23(26)33-21(27-22)16-28(12-8-11-18-9-6-5-7-10-18)24(29)19-13-17(2)14-20(15-19)31-3/h5-7,9-10,13-15H,4,8,11-12,16H2,1-3H3. The van der Waals surface area contributed by atoms with Crippen LogP contribution in [0.3, 0.4) is 0 Å². The molecule has 0 aliphatic heterocycles. The van der Waals surface area contributed by atoms with Crippen LogP contribution in [0.1, 0.15) is 50.3 Å². The van der Waals surface area contributed by atoms with Crippen molar-refractivity contribution in [1.82, 2.24) is 9.88 Å². The minimum atomic E-state index is -0.475. The summed E-state index contributed by atoms with van der Waals surface area (Å²) in [5, 5.41) is 0.664. The Bertz CT molecular complexity index is 1100. The Balaban J connectivity index is 1.82. The molecule has 6 nitrogen and oxygen atoms in total. The van der Waals surface area contributed by atoms with Crippen LogP contribution in [-0.4, -0.2) is 42.0 Å². The van der Waals surface area contributed by atoms with E-state index in [9.17, 15) is 9.59 Å². The molecule has 0 aliphatic rings. The molecule has 1 heterocycles. The molecule has 3 aromatic rings. The highest BCUT2D eigenvalue weighted by Crippen LogP contribution is 2.27. The molecule has 33 heavy (non-hydrogen) atoms. The SMILES string of the molecule is CCOC(=O)c1nc(CN(CCCc2ccccc2)C(=O)c2cc(C)cc(OC)c2)sc1Br. The number of aromatic nitrogens is 1. The number of hydrogen-bond donors (Lipinski definition) is 0. The molecular formula is C25H27BrN2O4S. The summed E-state index contributed by atoms with van der Waals surface area (Å²) in [4.78, 5) is 31.9. The fourth-order valence-corrected chi connectivity index (χ4v) is 5.04. The van der Waals surface area contributed by atoms with E-state index in [1.165, 1.54) is 16.9 Å². The second kappa shape index (κ2) is 12.0. The average molecular weight is 531 g/mol. The van der Waals surface area contributed by atoms with Gasteiger partial charge in [0, 0.05) is 12.1 Å². The van der Waals surface area contributed by atoms with E-state index in [1.54, 1.807) is 25.0 Å². The number of hydrogen-bond acceptors (Lipinski definition) is 6. The van der Waals surface area contributed by atoms with Gasteiger partial charge in [0.05, 0.1) is 20.3 Å². The van der Waals surface area contributed by atoms with Gasteiger partial charge in [-0.15, -0.1) is 11.3 Å². The Hall–Kier alpha value is -2.71. The van der Waals surface area contributed by atoms with Gasteiger partial charge in [0.15, 0.2) is 5.69 Å². The molecule has 0 bridgehead atoms. The molecule has 0 atom stereocenters. The number of carbonyl (C=O) groups is 2. The molecule has 0 radical (unpaired) electrons. The molecule has 8 heteroatoms. The van der Waals surface area contributed by atoms with Crippen LogP contribution in [0.15, 0.2) is 52.3 Å². The number of methoxy groups -OCH3 is 1. The first kappa shape index (κ1) is 24.9. The van der Waals surface area contributed by atoms with Crippen LogP contribution in [0.25, 0.3) is 0 Å². The Morgan fingerprint density at radius 3 is 2.61 bits per heavy atom. The Morgan fingerprint density at radius 2 is 1.91 bits per heavy atom. The molecule has 0 saturated carbocycles. The van der Waals surface area contributed by atoms with Gasteiger partial charge < -0.3 is 14.4 Å². The largest absolute Gasteiger partial charge is 0.497 e. The average Bonchev–Trinajstić information content (AvgIpc) is 3.18. The van der Waals surface area contributed by atoms with E-state index < -0.39 is 5.97 Å². The van der Waals surface area contributed by atoms with E-state index in [0.717, 1.165) is 18.4 Å². The zero-order valence-corrected chi connectivity index (χ0v) is 21.4. The number of esters is 1. The summed E-state index contributed by atoms with van der Waals surface area (Å²) in [5.74, 6) is 0.0653. The second-order valence-corrected chi connectivity index (χ2v) is 9.91. The first-order valence-corrected chi connectivity index (χ1v) is 12.3. The van der Waals surface area contributed by atoms with Gasteiger partial charge in [-0.1, -0.05) is 30.3 Å². The molecule has 0 spiro atoms. The predicted molar refractivity (Wildman–Crippen MR) is 133 cm³/mol. The third kappa shape index (κ3) is 6.88. The quantitative estimate of drug-likeness (QED) is 0.315. The summed E-state index contributed by atoms with van der Waals surface area (Å²) in [5.41, 5.74) is 2.98. The van der Waals surface area contributed by atoms with Crippen LogP contribution in [0, 0.1) is 6.92 Å². The van der Waals surface area contributed by atoms with E-state index in [-0.39, 0.29) is 18.2 Å². The Morgan fingerprint density at radius 1 is 1.15 bits per heavy atom. The normalized spacial score (nSPS) is 10.7. The van der Waals surface area contributed by atoms with Crippen LogP contribution in [0.4, 0.5) is 0 Å². The lowest BCUT2D eigenvalue weighted by molar-refractivity contribution is 0.0519. The van der Waals surface area contributed by atoms with Crippen LogP contribution in [0.2, 0.25) is 0 Å². The van der Waals surface area contributed by atoms with E-state index in [0.29, 0.717) is 33.2 Å². The lowest BCUT2D eigenvalue weighted by Crippen LogP contribution is -2.32. The monoisotopic (exact) mass is 530 g/mol. The maximum atomic E-state index is 13.5. The second-order valence-electron chi connectivity index (χ2n) is 7.51. The maximum absolute atomic E-state index is 13.5. The summed E-state index contributed by atoms with van der Waals surface area (Å²) >= 11 is 4.74. The molecule has 1 amide bonds. The van der Waals surface area contributed by atoms with Crippen molar-refractivity contribution in [2.75, 3.05) is 20.3 Å². The fraction of sp³-hybridized carbons (Fsp3) is 0.320. The molecule has 2 aromatic carbocycles. The van der Waals surface area contributed by atoms with Gasteiger partial charge in [0.25, 0.3) is 5.91 Å². The number of rotatable bonds is 10. The van der Waals surface area contributed by atoms with E-state index in [1.807, 2.05) is 37.3 Å². The van der Waals surface area contributed by atoms with E-state index in [4.69, 9.17) is 9.47 Å². The van der Waals surface area contributed by atoms with Crippen molar-refractivity contribution in [2.45, 2.75) is 33.2 Å². The highest BCUT2D eigenvalue weighted by molar-refractivity contribution is 9.11. The van der Waals surface area contributed by atoms with Crippen molar-refractivity contribution in [1.29, 1.82) is 0 Å². The lowest BCUT2D eigenvalue weighted by Gasteiger charge is -2.22. The molecule has 0 saturated heterocycles. The van der Waals surface area contributed by atoms with Crippen molar-refractivity contribution in [3.8, 4) is 5.75 Å². The van der Waals surface area contributed by atoms with Crippen LogP contribution in [0.5, 0.6) is 5.75 Å². The third-order valence-corrected chi connectivity index (χ3v) is 6.67. The number of halogens is 1. The summed E-state index contributed by atoms with van der Waals surface area (Å²) in [6.45, 7) is 4.81.